The number of rotatable bonds is 5. The third-order valence-corrected chi connectivity index (χ3v) is 3.92. The van der Waals surface area contributed by atoms with Gasteiger partial charge < -0.3 is 25.4 Å². The molecule has 1 aliphatic rings. The molecule has 0 saturated carbocycles. The lowest BCUT2D eigenvalue weighted by Gasteiger charge is -2.34. The molecule has 6 heteroatoms. The number of para-hydroxylation sites is 2. The zero-order valence-electron chi connectivity index (χ0n) is 14.5. The summed E-state index contributed by atoms with van der Waals surface area (Å²) in [5.41, 5.74) is 8.04. The predicted molar refractivity (Wildman–Crippen MR) is 99.4 cm³/mol. The van der Waals surface area contributed by atoms with E-state index < -0.39 is 0 Å². The summed E-state index contributed by atoms with van der Waals surface area (Å²) < 4.78 is 11.4. The summed E-state index contributed by atoms with van der Waals surface area (Å²) >= 11 is 0. The Kier molecular flexibility index (Phi) is 4.97. The van der Waals surface area contributed by atoms with Crippen molar-refractivity contribution in [2.24, 2.45) is 0 Å². The molecule has 0 fully saturated rings. The highest BCUT2D eigenvalue weighted by molar-refractivity contribution is 5.95. The number of fused-ring (bicyclic) bond motifs is 1. The van der Waals surface area contributed by atoms with E-state index in [0.717, 1.165) is 11.4 Å². The van der Waals surface area contributed by atoms with E-state index in [4.69, 9.17) is 15.2 Å². The van der Waals surface area contributed by atoms with Crippen LogP contribution >= 0.6 is 0 Å². The van der Waals surface area contributed by atoms with Crippen molar-refractivity contribution in [2.75, 3.05) is 35.6 Å². The molecule has 1 heterocycles. The van der Waals surface area contributed by atoms with Crippen LogP contribution in [0, 0.1) is 0 Å². The average molecular weight is 341 g/mol. The minimum absolute atomic E-state index is 0.000338. The summed E-state index contributed by atoms with van der Waals surface area (Å²) in [6, 6.07) is 12.9. The Morgan fingerprint density at radius 2 is 2.16 bits per heavy atom. The molecule has 1 aliphatic heterocycles. The van der Waals surface area contributed by atoms with E-state index in [9.17, 15) is 4.79 Å². The van der Waals surface area contributed by atoms with Gasteiger partial charge in [0, 0.05) is 5.69 Å². The third-order valence-electron chi connectivity index (χ3n) is 3.92. The molecule has 0 saturated heterocycles. The Balaban J connectivity index is 1.75. The standard InChI is InChI=1S/C19H23N3O3/c1-3-24-17-7-5-4-6-15(17)21-19(23)12-22-11-13(2)25-18-9-8-14(20)10-16(18)22/h4-10,13H,3,11-12,20H2,1-2H3,(H,21,23). The van der Waals surface area contributed by atoms with Crippen LogP contribution in [0.1, 0.15) is 13.8 Å². The highest BCUT2D eigenvalue weighted by Gasteiger charge is 2.25. The molecule has 2 aromatic carbocycles. The van der Waals surface area contributed by atoms with Crippen molar-refractivity contribution in [1.29, 1.82) is 0 Å². The van der Waals surface area contributed by atoms with E-state index in [1.54, 1.807) is 6.07 Å². The van der Waals surface area contributed by atoms with Crippen LogP contribution < -0.4 is 25.4 Å². The molecular formula is C19H23N3O3. The second-order valence-electron chi connectivity index (χ2n) is 6.01. The molecule has 25 heavy (non-hydrogen) atoms. The van der Waals surface area contributed by atoms with Crippen LogP contribution in [0.5, 0.6) is 11.5 Å². The van der Waals surface area contributed by atoms with Crippen molar-refractivity contribution in [2.45, 2.75) is 20.0 Å². The van der Waals surface area contributed by atoms with Crippen LogP contribution in [0.25, 0.3) is 0 Å². The molecule has 3 N–H and O–H groups in total. The van der Waals surface area contributed by atoms with Gasteiger partial charge in [0.1, 0.15) is 17.6 Å². The maximum absolute atomic E-state index is 12.6. The maximum Gasteiger partial charge on any atom is 0.243 e. The fourth-order valence-corrected chi connectivity index (χ4v) is 2.91. The van der Waals surface area contributed by atoms with Crippen molar-refractivity contribution < 1.29 is 14.3 Å². The second kappa shape index (κ2) is 7.34. The van der Waals surface area contributed by atoms with E-state index >= 15 is 0 Å². The van der Waals surface area contributed by atoms with Crippen LogP contribution in [-0.2, 0) is 4.79 Å². The monoisotopic (exact) mass is 341 g/mol. The highest BCUT2D eigenvalue weighted by atomic mass is 16.5. The number of benzene rings is 2. The molecule has 1 atom stereocenters. The fraction of sp³-hybridized carbons (Fsp3) is 0.316. The lowest BCUT2D eigenvalue weighted by molar-refractivity contribution is -0.115. The number of anilines is 3. The number of nitrogens with two attached hydrogens (primary N) is 1. The molecule has 0 aliphatic carbocycles. The molecule has 0 spiro atoms. The van der Waals surface area contributed by atoms with Gasteiger partial charge in [0.25, 0.3) is 0 Å². The van der Waals surface area contributed by atoms with E-state index in [2.05, 4.69) is 5.32 Å². The summed E-state index contributed by atoms with van der Waals surface area (Å²) in [6.07, 6.45) is -0.000338. The molecule has 2 aromatic rings. The summed E-state index contributed by atoms with van der Waals surface area (Å²) in [5, 5.41) is 2.93. The number of amides is 1. The van der Waals surface area contributed by atoms with Crippen LogP contribution in [-0.4, -0.2) is 31.7 Å². The molecule has 0 bridgehead atoms. The smallest absolute Gasteiger partial charge is 0.243 e. The minimum atomic E-state index is -0.116. The Labute approximate surface area is 147 Å². The van der Waals surface area contributed by atoms with E-state index in [1.807, 2.05) is 55.1 Å². The quantitative estimate of drug-likeness (QED) is 0.818. The third kappa shape index (κ3) is 3.96. The van der Waals surface area contributed by atoms with Gasteiger partial charge in [-0.15, -0.1) is 0 Å². The predicted octanol–water partition coefficient (Wildman–Crippen LogP) is 2.89. The van der Waals surface area contributed by atoms with Crippen molar-refractivity contribution in [3.05, 3.63) is 42.5 Å². The van der Waals surface area contributed by atoms with Crippen LogP contribution in [0.3, 0.4) is 0 Å². The van der Waals surface area contributed by atoms with E-state index in [-0.39, 0.29) is 18.6 Å². The minimum Gasteiger partial charge on any atom is -0.492 e. The Morgan fingerprint density at radius 3 is 2.96 bits per heavy atom. The number of nitrogens with zero attached hydrogens (tertiary/aromatic N) is 1. The van der Waals surface area contributed by atoms with E-state index in [0.29, 0.717) is 30.3 Å². The first-order valence-corrected chi connectivity index (χ1v) is 8.39. The molecule has 0 radical (unpaired) electrons. The van der Waals surface area contributed by atoms with Crippen LogP contribution in [0.15, 0.2) is 42.5 Å². The Morgan fingerprint density at radius 1 is 1.36 bits per heavy atom. The topological polar surface area (TPSA) is 76.8 Å². The molecule has 3 rings (SSSR count). The fourth-order valence-electron chi connectivity index (χ4n) is 2.91. The van der Waals surface area contributed by atoms with Gasteiger partial charge in [-0.25, -0.2) is 0 Å². The number of hydrogen-bond acceptors (Lipinski definition) is 5. The summed E-state index contributed by atoms with van der Waals surface area (Å²) in [6.45, 7) is 5.27. The number of nitrogens with one attached hydrogen (secondary N) is 1. The number of carbonyl (C=O) groups excluding carboxylic acids is 1. The molecule has 1 unspecified atom stereocenters. The molecular weight excluding hydrogens is 318 g/mol. The van der Waals surface area contributed by atoms with Gasteiger partial charge in [0.2, 0.25) is 5.91 Å². The van der Waals surface area contributed by atoms with Crippen molar-refractivity contribution in [3.8, 4) is 11.5 Å². The van der Waals surface area contributed by atoms with Crippen molar-refractivity contribution >= 4 is 23.0 Å². The Bertz CT molecular complexity index is 763. The van der Waals surface area contributed by atoms with Gasteiger partial charge in [-0.2, -0.15) is 0 Å². The number of carbonyl (C=O) groups is 1. The maximum atomic E-state index is 12.6. The van der Waals surface area contributed by atoms with Gasteiger partial charge in [-0.3, -0.25) is 4.79 Å². The zero-order chi connectivity index (χ0) is 17.8. The van der Waals surface area contributed by atoms with Gasteiger partial charge in [0.05, 0.1) is 31.1 Å². The molecule has 1 amide bonds. The molecule has 132 valence electrons. The number of ether oxygens (including phenoxy) is 2. The highest BCUT2D eigenvalue weighted by Crippen LogP contribution is 2.35. The summed E-state index contributed by atoms with van der Waals surface area (Å²) in [5.74, 6) is 1.29. The lowest BCUT2D eigenvalue weighted by atomic mass is 10.1. The molecule has 0 aromatic heterocycles. The molecule has 6 nitrogen and oxygen atoms in total. The lowest BCUT2D eigenvalue weighted by Crippen LogP contribution is -2.42. The zero-order valence-corrected chi connectivity index (χ0v) is 14.5. The first-order chi connectivity index (χ1) is 12.1. The second-order valence-corrected chi connectivity index (χ2v) is 6.01. The van der Waals surface area contributed by atoms with Crippen LogP contribution in [0.4, 0.5) is 17.1 Å². The normalized spacial score (nSPS) is 15.9. The van der Waals surface area contributed by atoms with Gasteiger partial charge in [-0.05, 0) is 44.2 Å². The van der Waals surface area contributed by atoms with Crippen molar-refractivity contribution in [3.63, 3.8) is 0 Å². The van der Waals surface area contributed by atoms with Crippen LogP contribution in [0.2, 0.25) is 0 Å². The average Bonchev–Trinajstić information content (AvgIpc) is 2.57. The van der Waals surface area contributed by atoms with Gasteiger partial charge in [0.15, 0.2) is 0 Å². The van der Waals surface area contributed by atoms with Gasteiger partial charge in [-0.1, -0.05) is 12.1 Å². The number of nitrogen functional groups attached to an aromatic ring is 1. The number of hydrogen-bond donors (Lipinski definition) is 2. The SMILES string of the molecule is CCOc1ccccc1NC(=O)CN1CC(C)Oc2ccc(N)cc21. The van der Waals surface area contributed by atoms with Gasteiger partial charge >= 0.3 is 0 Å². The first-order valence-electron chi connectivity index (χ1n) is 8.39. The summed E-state index contributed by atoms with van der Waals surface area (Å²) in [4.78, 5) is 14.5. The largest absolute Gasteiger partial charge is 0.492 e. The first kappa shape index (κ1) is 17.0. The summed E-state index contributed by atoms with van der Waals surface area (Å²) in [7, 11) is 0. The van der Waals surface area contributed by atoms with E-state index in [1.165, 1.54) is 0 Å². The van der Waals surface area contributed by atoms with Crippen molar-refractivity contribution in [1.82, 2.24) is 0 Å². The Hall–Kier alpha value is -2.89.